The van der Waals surface area contributed by atoms with Gasteiger partial charge in [0.25, 0.3) is 0 Å². The number of alkyl halides is 3. The number of halogens is 3. The first-order chi connectivity index (χ1) is 5.19. The lowest BCUT2D eigenvalue weighted by atomic mass is 9.91. The normalized spacial score (nSPS) is 12.8. The lowest BCUT2D eigenvalue weighted by Gasteiger charge is -2.23. The highest BCUT2D eigenvalue weighted by molar-refractivity contribution is 6.66. The average Bonchev–Trinajstić information content (AvgIpc) is 1.84. The summed E-state index contributed by atoms with van der Waals surface area (Å²) >= 11 is 15.8. The lowest BCUT2D eigenvalue weighted by molar-refractivity contribution is -0.154. The summed E-state index contributed by atoms with van der Waals surface area (Å²) in [5.41, 5.74) is -0.607. The van der Waals surface area contributed by atoms with Crippen molar-refractivity contribution in [3.05, 3.63) is 0 Å². The molecule has 0 unspecified atom stereocenters. The van der Waals surface area contributed by atoms with Gasteiger partial charge < -0.3 is 4.74 Å². The average molecular weight is 234 g/mol. The number of hydrogen-bond acceptors (Lipinski definition) is 2. The molecule has 0 saturated carbocycles. The van der Waals surface area contributed by atoms with Crippen LogP contribution in [0.5, 0.6) is 0 Å². The summed E-state index contributed by atoms with van der Waals surface area (Å²) in [6.07, 6.45) is 0.632. The first-order valence-electron chi connectivity index (χ1n) is 3.49. The van der Waals surface area contributed by atoms with Crippen LogP contribution in [-0.4, -0.2) is 9.95 Å². The summed E-state index contributed by atoms with van der Waals surface area (Å²) in [6, 6.07) is 0. The van der Waals surface area contributed by atoms with Gasteiger partial charge in [-0.05, 0) is 55.1 Å². The fraction of sp³-hybridized carbons (Fsp3) is 0.857. The van der Waals surface area contributed by atoms with E-state index in [-0.39, 0.29) is 0 Å². The van der Waals surface area contributed by atoms with Gasteiger partial charge in [0, 0.05) is 0 Å². The smallest absolute Gasteiger partial charge is 0.340 e. The highest BCUT2D eigenvalue weighted by Gasteiger charge is 2.34. The molecule has 5 heteroatoms. The van der Waals surface area contributed by atoms with Gasteiger partial charge in [-0.15, -0.1) is 0 Å². The van der Waals surface area contributed by atoms with Crippen molar-refractivity contribution in [1.29, 1.82) is 0 Å². The number of esters is 1. The van der Waals surface area contributed by atoms with E-state index in [1.54, 1.807) is 13.8 Å². The van der Waals surface area contributed by atoms with E-state index in [2.05, 4.69) is 4.74 Å². The number of carbonyl (C=O) groups is 1. The van der Waals surface area contributed by atoms with Crippen molar-refractivity contribution in [1.82, 2.24) is 0 Å². The molecule has 0 heterocycles. The third-order valence-corrected chi connectivity index (χ3v) is 1.88. The molecule has 0 bridgehead atoms. The minimum atomic E-state index is -1.95. The summed E-state index contributed by atoms with van der Waals surface area (Å²) in [4.78, 5) is 11.2. The molecule has 0 aliphatic heterocycles. The van der Waals surface area contributed by atoms with Gasteiger partial charge in [0.1, 0.15) is 0 Å². The zero-order chi connectivity index (χ0) is 9.99. The quantitative estimate of drug-likeness (QED) is 0.540. The maximum absolute atomic E-state index is 11.2. The lowest BCUT2D eigenvalue weighted by Crippen LogP contribution is -2.29. The van der Waals surface area contributed by atoms with Crippen LogP contribution in [0.3, 0.4) is 0 Å². The topological polar surface area (TPSA) is 26.3 Å². The minimum absolute atomic E-state index is 0.509. The number of hydrogen-bond donors (Lipinski definition) is 0. The van der Waals surface area contributed by atoms with E-state index in [1.807, 2.05) is 6.92 Å². The molecule has 2 nitrogen and oxygen atoms in total. The molecular formula is C7H11Cl3O2. The van der Waals surface area contributed by atoms with E-state index in [9.17, 15) is 4.79 Å². The molecule has 0 aromatic heterocycles. The second-order valence-corrected chi connectivity index (χ2v) is 5.25. The van der Waals surface area contributed by atoms with Crippen LogP contribution in [0.1, 0.15) is 27.2 Å². The summed E-state index contributed by atoms with van der Waals surface area (Å²) < 4.78 is 2.60. The fourth-order valence-electron chi connectivity index (χ4n) is 0.388. The molecule has 72 valence electrons. The van der Waals surface area contributed by atoms with E-state index in [4.69, 9.17) is 34.8 Å². The maximum Gasteiger partial charge on any atom is 0.340 e. The summed E-state index contributed by atoms with van der Waals surface area (Å²) in [7, 11) is 0. The molecule has 0 fully saturated rings. The van der Waals surface area contributed by atoms with Crippen LogP contribution in [0.25, 0.3) is 0 Å². The molecule has 0 N–H and O–H groups in total. The Hall–Kier alpha value is 0.340. The van der Waals surface area contributed by atoms with Crippen molar-refractivity contribution in [2.24, 2.45) is 5.41 Å². The van der Waals surface area contributed by atoms with E-state index in [0.717, 1.165) is 0 Å². The Balaban J connectivity index is 4.23. The van der Waals surface area contributed by atoms with Gasteiger partial charge in [-0.1, -0.05) is 6.92 Å². The molecule has 0 saturated heterocycles. The Bertz CT molecular complexity index is 172. The van der Waals surface area contributed by atoms with Crippen LogP contribution in [0.15, 0.2) is 0 Å². The third-order valence-electron chi connectivity index (χ3n) is 1.64. The Morgan fingerprint density at radius 3 is 2.00 bits per heavy atom. The predicted molar refractivity (Wildman–Crippen MR) is 50.5 cm³/mol. The first kappa shape index (κ1) is 12.3. The first-order valence-corrected chi connectivity index (χ1v) is 4.62. The highest BCUT2D eigenvalue weighted by atomic mass is 35.6. The SMILES string of the molecule is CCC(C)(C)C(=O)OC(Cl)(Cl)Cl. The van der Waals surface area contributed by atoms with Crippen molar-refractivity contribution in [2.45, 2.75) is 31.2 Å². The van der Waals surface area contributed by atoms with Crippen molar-refractivity contribution >= 4 is 40.8 Å². The van der Waals surface area contributed by atoms with Gasteiger partial charge in [0.15, 0.2) is 0 Å². The van der Waals surface area contributed by atoms with Crippen LogP contribution in [0.4, 0.5) is 0 Å². The van der Waals surface area contributed by atoms with Crippen LogP contribution < -0.4 is 0 Å². The number of ether oxygens (including phenoxy) is 1. The second-order valence-electron chi connectivity index (χ2n) is 3.07. The van der Waals surface area contributed by atoms with E-state index >= 15 is 0 Å². The number of rotatable bonds is 2. The van der Waals surface area contributed by atoms with Crippen LogP contribution in [0.2, 0.25) is 0 Å². The van der Waals surface area contributed by atoms with Crippen molar-refractivity contribution in [2.75, 3.05) is 0 Å². The van der Waals surface area contributed by atoms with E-state index in [0.29, 0.717) is 6.42 Å². The molecule has 0 spiro atoms. The van der Waals surface area contributed by atoms with Gasteiger partial charge in [-0.2, -0.15) is 0 Å². The molecule has 0 amide bonds. The summed E-state index contributed by atoms with van der Waals surface area (Å²) in [5, 5.41) is 0. The minimum Gasteiger partial charge on any atom is -0.414 e. The standard InChI is InChI=1S/C7H11Cl3O2/c1-4-6(2,3)5(11)12-7(8,9)10/h4H2,1-3H3. The molecule has 12 heavy (non-hydrogen) atoms. The molecule has 0 rings (SSSR count). The zero-order valence-electron chi connectivity index (χ0n) is 7.16. The van der Waals surface area contributed by atoms with Gasteiger partial charge in [-0.25, -0.2) is 0 Å². The molecule has 0 aromatic rings. The monoisotopic (exact) mass is 232 g/mol. The Labute approximate surface area is 87.1 Å². The summed E-state index contributed by atoms with van der Waals surface area (Å²) in [5.74, 6) is -0.509. The Morgan fingerprint density at radius 1 is 1.33 bits per heavy atom. The van der Waals surface area contributed by atoms with Crippen LogP contribution in [-0.2, 0) is 9.53 Å². The van der Waals surface area contributed by atoms with E-state index < -0.39 is 15.4 Å². The molecule has 0 aromatic carbocycles. The van der Waals surface area contributed by atoms with Crippen molar-refractivity contribution in [3.8, 4) is 0 Å². The Morgan fingerprint density at radius 2 is 1.75 bits per heavy atom. The van der Waals surface area contributed by atoms with Crippen molar-refractivity contribution < 1.29 is 9.53 Å². The van der Waals surface area contributed by atoms with Crippen LogP contribution >= 0.6 is 34.8 Å². The zero-order valence-corrected chi connectivity index (χ0v) is 9.43. The largest absolute Gasteiger partial charge is 0.414 e. The maximum atomic E-state index is 11.2. The highest BCUT2D eigenvalue weighted by Crippen LogP contribution is 2.32. The molecule has 0 aliphatic rings. The van der Waals surface area contributed by atoms with E-state index in [1.165, 1.54) is 0 Å². The third kappa shape index (κ3) is 4.39. The van der Waals surface area contributed by atoms with Gasteiger partial charge in [0.2, 0.25) is 0 Å². The van der Waals surface area contributed by atoms with Gasteiger partial charge in [-0.3, -0.25) is 4.79 Å². The molecule has 0 aliphatic carbocycles. The predicted octanol–water partition coefficient (Wildman–Crippen LogP) is 3.29. The molecular weight excluding hydrogens is 222 g/mol. The van der Waals surface area contributed by atoms with Crippen LogP contribution in [0, 0.1) is 5.41 Å². The Kier molecular flexibility index (Phi) is 4.15. The van der Waals surface area contributed by atoms with Gasteiger partial charge in [0.05, 0.1) is 5.41 Å². The molecule has 0 radical (unpaired) electrons. The summed E-state index contributed by atoms with van der Waals surface area (Å²) in [6.45, 7) is 5.32. The molecule has 0 atom stereocenters. The van der Waals surface area contributed by atoms with Crippen molar-refractivity contribution in [3.63, 3.8) is 0 Å². The van der Waals surface area contributed by atoms with Gasteiger partial charge >= 0.3 is 9.95 Å². The number of carbonyl (C=O) groups excluding carboxylic acids is 1. The second kappa shape index (κ2) is 4.03. The fourth-order valence-corrected chi connectivity index (χ4v) is 0.598.